The molecule has 1 saturated heterocycles. The molecular formula is C22H31N7O2. The number of nitrogens with zero attached hydrogens (tertiary/aromatic N) is 3. The molecular weight excluding hydrogens is 394 g/mol. The van der Waals surface area contributed by atoms with E-state index in [0.29, 0.717) is 25.2 Å². The van der Waals surface area contributed by atoms with Crippen molar-refractivity contribution in [1.29, 1.82) is 0 Å². The molecule has 9 nitrogen and oxygen atoms in total. The summed E-state index contributed by atoms with van der Waals surface area (Å²) < 4.78 is 1.47. The van der Waals surface area contributed by atoms with Crippen LogP contribution in [0.3, 0.4) is 0 Å². The van der Waals surface area contributed by atoms with E-state index in [0.717, 1.165) is 51.0 Å². The third kappa shape index (κ3) is 5.69. The Hall–Kier alpha value is -2.75. The summed E-state index contributed by atoms with van der Waals surface area (Å²) in [5, 5.41) is 9.48. The number of benzene rings is 1. The molecule has 1 aliphatic heterocycles. The molecule has 1 aliphatic carbocycles. The standard InChI is InChI=1S/C22H31N7O2/c23-17-3-4-18(15-17)25-9-7-16-1-5-19(6-2-16)29-12-8-20(27-22(29)31)26-21(30)28-13-10-24-11-14-28/h1-2,5-6,8,12,17-18,24-25H,3-4,7,9-11,13-15,23H2,(H,26,27,30,31)/t17-,18+/m0/s1. The van der Waals surface area contributed by atoms with Gasteiger partial charge in [0.15, 0.2) is 0 Å². The summed E-state index contributed by atoms with van der Waals surface area (Å²) >= 11 is 0. The van der Waals surface area contributed by atoms with Crippen molar-refractivity contribution in [2.75, 3.05) is 38.0 Å². The van der Waals surface area contributed by atoms with Crippen LogP contribution in [-0.2, 0) is 6.42 Å². The van der Waals surface area contributed by atoms with Crippen LogP contribution in [0.2, 0.25) is 0 Å². The molecule has 2 amide bonds. The Morgan fingerprint density at radius 1 is 1.16 bits per heavy atom. The highest BCUT2D eigenvalue weighted by Gasteiger charge is 2.20. The van der Waals surface area contributed by atoms with Crippen molar-refractivity contribution < 1.29 is 4.79 Å². The lowest BCUT2D eigenvalue weighted by Gasteiger charge is -2.27. The van der Waals surface area contributed by atoms with Gasteiger partial charge >= 0.3 is 11.7 Å². The van der Waals surface area contributed by atoms with Crippen LogP contribution in [0.5, 0.6) is 0 Å². The maximum Gasteiger partial charge on any atom is 0.354 e. The number of rotatable bonds is 6. The van der Waals surface area contributed by atoms with E-state index in [9.17, 15) is 9.59 Å². The molecule has 1 aromatic carbocycles. The van der Waals surface area contributed by atoms with Gasteiger partial charge in [0.05, 0.1) is 5.69 Å². The van der Waals surface area contributed by atoms with Gasteiger partial charge in [-0.3, -0.25) is 9.88 Å². The number of nitrogens with two attached hydrogens (primary N) is 1. The lowest BCUT2D eigenvalue weighted by molar-refractivity contribution is 0.204. The minimum Gasteiger partial charge on any atom is -0.328 e. The second-order valence-corrected chi connectivity index (χ2v) is 8.27. The van der Waals surface area contributed by atoms with Crippen LogP contribution in [0.15, 0.2) is 41.3 Å². The Morgan fingerprint density at radius 3 is 2.61 bits per heavy atom. The van der Waals surface area contributed by atoms with Gasteiger partial charge in [-0.25, -0.2) is 9.59 Å². The van der Waals surface area contributed by atoms with Crippen LogP contribution < -0.4 is 27.4 Å². The van der Waals surface area contributed by atoms with E-state index in [2.05, 4.69) is 20.9 Å². The van der Waals surface area contributed by atoms with E-state index in [-0.39, 0.29) is 11.8 Å². The first-order chi connectivity index (χ1) is 15.1. The highest BCUT2D eigenvalue weighted by Crippen LogP contribution is 2.17. The first-order valence-electron chi connectivity index (χ1n) is 11.0. The molecule has 2 aromatic rings. The highest BCUT2D eigenvalue weighted by molar-refractivity contribution is 5.88. The van der Waals surface area contributed by atoms with Crippen molar-refractivity contribution >= 4 is 11.8 Å². The average Bonchev–Trinajstić information content (AvgIpc) is 3.20. The molecule has 2 atom stereocenters. The van der Waals surface area contributed by atoms with Crippen molar-refractivity contribution in [2.45, 2.75) is 37.8 Å². The molecule has 5 N–H and O–H groups in total. The van der Waals surface area contributed by atoms with Gasteiger partial charge in [-0.15, -0.1) is 0 Å². The molecule has 9 heteroatoms. The largest absolute Gasteiger partial charge is 0.354 e. The Kier molecular flexibility index (Phi) is 6.96. The van der Waals surface area contributed by atoms with E-state index < -0.39 is 5.69 Å². The highest BCUT2D eigenvalue weighted by atomic mass is 16.2. The molecule has 1 saturated carbocycles. The Morgan fingerprint density at radius 2 is 1.94 bits per heavy atom. The Balaban J connectivity index is 1.32. The van der Waals surface area contributed by atoms with Crippen molar-refractivity contribution in [3.8, 4) is 5.69 Å². The third-order valence-corrected chi connectivity index (χ3v) is 5.98. The van der Waals surface area contributed by atoms with E-state index in [1.165, 1.54) is 10.1 Å². The number of amides is 2. The summed E-state index contributed by atoms with van der Waals surface area (Å²) in [6.07, 6.45) is 5.88. The summed E-state index contributed by atoms with van der Waals surface area (Å²) in [6, 6.07) is 10.2. The molecule has 31 heavy (non-hydrogen) atoms. The first-order valence-corrected chi connectivity index (χ1v) is 11.0. The predicted octanol–water partition coefficient (Wildman–Crippen LogP) is 0.682. The van der Waals surface area contributed by atoms with Gasteiger partial charge in [-0.05, 0) is 56.0 Å². The topological polar surface area (TPSA) is 117 Å². The van der Waals surface area contributed by atoms with Crippen LogP contribution >= 0.6 is 0 Å². The van der Waals surface area contributed by atoms with Gasteiger partial charge in [0.25, 0.3) is 0 Å². The minimum atomic E-state index is -0.426. The molecule has 166 valence electrons. The summed E-state index contributed by atoms with van der Waals surface area (Å²) in [7, 11) is 0. The van der Waals surface area contributed by atoms with Crippen LogP contribution in [0, 0.1) is 0 Å². The van der Waals surface area contributed by atoms with Gasteiger partial charge in [-0.1, -0.05) is 12.1 Å². The summed E-state index contributed by atoms with van der Waals surface area (Å²) in [4.78, 5) is 30.5. The quantitative estimate of drug-likeness (QED) is 0.541. The van der Waals surface area contributed by atoms with E-state index in [1.807, 2.05) is 24.3 Å². The van der Waals surface area contributed by atoms with Crippen molar-refractivity contribution in [2.24, 2.45) is 5.73 Å². The number of hydrogen-bond donors (Lipinski definition) is 4. The molecule has 0 spiro atoms. The Labute approximate surface area is 182 Å². The van der Waals surface area contributed by atoms with E-state index in [4.69, 9.17) is 5.73 Å². The van der Waals surface area contributed by atoms with Gasteiger partial charge in [0.1, 0.15) is 5.82 Å². The third-order valence-electron chi connectivity index (χ3n) is 5.98. The molecule has 0 radical (unpaired) electrons. The molecule has 1 aromatic heterocycles. The lowest BCUT2D eigenvalue weighted by atomic mass is 10.1. The minimum absolute atomic E-state index is 0.233. The first kappa shape index (κ1) is 21.5. The normalized spacial score (nSPS) is 21.3. The fourth-order valence-electron chi connectivity index (χ4n) is 4.17. The van der Waals surface area contributed by atoms with Crippen molar-refractivity contribution in [3.05, 3.63) is 52.6 Å². The maximum absolute atomic E-state index is 12.5. The summed E-state index contributed by atoms with van der Waals surface area (Å²) in [6.45, 7) is 3.73. The van der Waals surface area contributed by atoms with Crippen molar-refractivity contribution in [1.82, 2.24) is 25.1 Å². The number of carbonyl (C=O) groups is 1. The zero-order valence-electron chi connectivity index (χ0n) is 17.7. The van der Waals surface area contributed by atoms with Gasteiger partial charge < -0.3 is 21.3 Å². The second-order valence-electron chi connectivity index (χ2n) is 8.27. The predicted molar refractivity (Wildman–Crippen MR) is 121 cm³/mol. The van der Waals surface area contributed by atoms with Crippen LogP contribution in [0.1, 0.15) is 24.8 Å². The van der Waals surface area contributed by atoms with Crippen LogP contribution in [0.4, 0.5) is 10.6 Å². The molecule has 0 bridgehead atoms. The van der Waals surface area contributed by atoms with E-state index in [1.54, 1.807) is 17.2 Å². The van der Waals surface area contributed by atoms with Crippen LogP contribution in [-0.4, -0.2) is 65.3 Å². The number of urea groups is 1. The average molecular weight is 426 g/mol. The van der Waals surface area contributed by atoms with Gasteiger partial charge in [0, 0.05) is 44.5 Å². The number of nitrogens with one attached hydrogen (secondary N) is 3. The maximum atomic E-state index is 12.5. The zero-order valence-corrected chi connectivity index (χ0v) is 17.7. The molecule has 4 rings (SSSR count). The molecule has 2 aliphatic rings. The van der Waals surface area contributed by atoms with Gasteiger partial charge in [0.2, 0.25) is 0 Å². The summed E-state index contributed by atoms with van der Waals surface area (Å²) in [5.41, 5.74) is 7.49. The smallest absolute Gasteiger partial charge is 0.328 e. The number of carbonyl (C=O) groups excluding carboxylic acids is 1. The van der Waals surface area contributed by atoms with Crippen molar-refractivity contribution in [3.63, 3.8) is 0 Å². The SMILES string of the molecule is N[C@H]1CC[C@@H](NCCc2ccc(-n3ccc(NC(=O)N4CCNCC4)nc3=O)cc2)C1. The van der Waals surface area contributed by atoms with Crippen LogP contribution in [0.25, 0.3) is 5.69 Å². The second kappa shape index (κ2) is 10.0. The number of aromatic nitrogens is 2. The summed E-state index contributed by atoms with van der Waals surface area (Å²) in [5.74, 6) is 0.263. The molecule has 2 heterocycles. The van der Waals surface area contributed by atoms with E-state index >= 15 is 0 Å². The number of piperazine rings is 1. The fraction of sp³-hybridized carbons (Fsp3) is 0.500. The number of anilines is 1. The fourth-order valence-corrected chi connectivity index (χ4v) is 4.17. The molecule has 0 unspecified atom stereocenters. The zero-order chi connectivity index (χ0) is 21.6. The Bertz CT molecular complexity index is 938. The lowest BCUT2D eigenvalue weighted by Crippen LogP contribution is -2.48. The molecule has 2 fully saturated rings. The monoisotopic (exact) mass is 425 g/mol. The number of hydrogen-bond acceptors (Lipinski definition) is 6. The van der Waals surface area contributed by atoms with Gasteiger partial charge in [-0.2, -0.15) is 4.98 Å².